The van der Waals surface area contributed by atoms with Crippen molar-refractivity contribution < 1.29 is 18.3 Å². The second-order valence-electron chi connectivity index (χ2n) is 4.79. The third kappa shape index (κ3) is 2.97. The number of hydrogen-bond acceptors (Lipinski definition) is 3. The lowest BCUT2D eigenvalue weighted by molar-refractivity contribution is -0.142. The van der Waals surface area contributed by atoms with Gasteiger partial charge < -0.3 is 5.11 Å². The van der Waals surface area contributed by atoms with Gasteiger partial charge in [0.2, 0.25) is 0 Å². The van der Waals surface area contributed by atoms with E-state index in [1.165, 1.54) is 4.31 Å². The molecule has 1 saturated carbocycles. The first-order valence-corrected chi connectivity index (χ1v) is 7.43. The third-order valence-corrected chi connectivity index (χ3v) is 5.14. The monoisotopic (exact) mass is 262 g/mol. The van der Waals surface area contributed by atoms with Crippen LogP contribution in [0, 0.1) is 5.92 Å². The molecular weight excluding hydrogens is 244 g/mol. The van der Waals surface area contributed by atoms with E-state index in [1.54, 1.807) is 0 Å². The Bertz CT molecular complexity index is 391. The Labute approximate surface area is 101 Å². The predicted molar refractivity (Wildman–Crippen MR) is 61.6 cm³/mol. The summed E-state index contributed by atoms with van der Waals surface area (Å²) < 4.78 is 27.9. The van der Waals surface area contributed by atoms with Gasteiger partial charge in [-0.15, -0.1) is 0 Å². The third-order valence-electron chi connectivity index (χ3n) is 3.49. The standard InChI is InChI=1S/C10H18N2O4S/c13-10(14)8-3-2-6-12(7-8)17(15,16)11-9-4-1-5-9/h8-9,11H,1-7H2,(H,13,14). The van der Waals surface area contributed by atoms with Gasteiger partial charge in [-0.05, 0) is 25.7 Å². The minimum atomic E-state index is -3.49. The number of carboxylic acid groups (broad SMARTS) is 1. The lowest BCUT2D eigenvalue weighted by Gasteiger charge is -2.33. The van der Waals surface area contributed by atoms with Crippen LogP contribution in [0.1, 0.15) is 32.1 Å². The first-order chi connectivity index (χ1) is 7.99. The van der Waals surface area contributed by atoms with E-state index in [1.807, 2.05) is 0 Å². The molecule has 1 unspecified atom stereocenters. The highest BCUT2D eigenvalue weighted by molar-refractivity contribution is 7.87. The first-order valence-electron chi connectivity index (χ1n) is 5.99. The topological polar surface area (TPSA) is 86.7 Å². The van der Waals surface area contributed by atoms with E-state index in [-0.39, 0.29) is 12.6 Å². The molecule has 2 N–H and O–H groups in total. The first kappa shape index (κ1) is 12.8. The number of carboxylic acids is 1. The van der Waals surface area contributed by atoms with E-state index < -0.39 is 22.1 Å². The molecule has 2 fully saturated rings. The van der Waals surface area contributed by atoms with Crippen LogP contribution in [-0.2, 0) is 15.0 Å². The van der Waals surface area contributed by atoms with E-state index >= 15 is 0 Å². The molecule has 6 nitrogen and oxygen atoms in total. The van der Waals surface area contributed by atoms with Crippen LogP contribution in [0.15, 0.2) is 0 Å². The highest BCUT2D eigenvalue weighted by Gasteiger charge is 2.34. The van der Waals surface area contributed by atoms with Gasteiger partial charge in [-0.2, -0.15) is 17.4 Å². The summed E-state index contributed by atoms with van der Waals surface area (Å²) in [6.45, 7) is 0.517. The van der Waals surface area contributed by atoms with Crippen molar-refractivity contribution >= 4 is 16.2 Å². The molecule has 1 atom stereocenters. The van der Waals surface area contributed by atoms with Gasteiger partial charge >= 0.3 is 5.97 Å². The Morgan fingerprint density at radius 1 is 1.24 bits per heavy atom. The molecule has 0 aromatic carbocycles. The van der Waals surface area contributed by atoms with E-state index in [4.69, 9.17) is 5.11 Å². The average Bonchev–Trinajstić information content (AvgIpc) is 2.24. The van der Waals surface area contributed by atoms with Gasteiger partial charge in [0.1, 0.15) is 0 Å². The summed E-state index contributed by atoms with van der Waals surface area (Å²) >= 11 is 0. The zero-order valence-electron chi connectivity index (χ0n) is 9.63. The molecule has 0 aromatic heterocycles. The molecule has 1 saturated heterocycles. The van der Waals surface area contributed by atoms with Crippen LogP contribution in [-0.4, -0.2) is 42.9 Å². The predicted octanol–water partition coefficient (Wildman–Crippen LogP) is 0.170. The van der Waals surface area contributed by atoms with Gasteiger partial charge in [-0.25, -0.2) is 0 Å². The van der Waals surface area contributed by atoms with Crippen LogP contribution in [0.2, 0.25) is 0 Å². The zero-order chi connectivity index (χ0) is 12.5. The van der Waals surface area contributed by atoms with Crippen LogP contribution in [0.25, 0.3) is 0 Å². The molecule has 1 heterocycles. The molecule has 0 amide bonds. The highest BCUT2D eigenvalue weighted by Crippen LogP contribution is 2.22. The van der Waals surface area contributed by atoms with Gasteiger partial charge in [-0.3, -0.25) is 4.79 Å². The van der Waals surface area contributed by atoms with Crippen LogP contribution in [0.4, 0.5) is 0 Å². The largest absolute Gasteiger partial charge is 0.481 e. The van der Waals surface area contributed by atoms with Crippen molar-refractivity contribution in [2.24, 2.45) is 5.92 Å². The summed E-state index contributed by atoms with van der Waals surface area (Å²) in [5, 5.41) is 8.92. The maximum Gasteiger partial charge on any atom is 0.307 e. The molecule has 0 radical (unpaired) electrons. The zero-order valence-corrected chi connectivity index (χ0v) is 10.4. The fourth-order valence-corrected chi connectivity index (χ4v) is 3.73. The number of piperidine rings is 1. The van der Waals surface area contributed by atoms with E-state index in [9.17, 15) is 13.2 Å². The molecule has 0 aromatic rings. The number of nitrogens with zero attached hydrogens (tertiary/aromatic N) is 1. The molecule has 7 heteroatoms. The van der Waals surface area contributed by atoms with Crippen molar-refractivity contribution in [1.82, 2.24) is 9.03 Å². The smallest absolute Gasteiger partial charge is 0.307 e. The van der Waals surface area contributed by atoms with Crippen molar-refractivity contribution in [3.05, 3.63) is 0 Å². The van der Waals surface area contributed by atoms with E-state index in [0.717, 1.165) is 19.3 Å². The molecule has 2 rings (SSSR count). The SMILES string of the molecule is O=C(O)C1CCCN(S(=O)(=O)NC2CCC2)C1. The second kappa shape index (κ2) is 4.91. The summed E-state index contributed by atoms with van der Waals surface area (Å²) in [4.78, 5) is 10.9. The van der Waals surface area contributed by atoms with E-state index in [0.29, 0.717) is 19.4 Å². The van der Waals surface area contributed by atoms with Gasteiger partial charge in [0, 0.05) is 19.1 Å². The molecule has 98 valence electrons. The quantitative estimate of drug-likeness (QED) is 0.756. The van der Waals surface area contributed by atoms with Crippen LogP contribution in [0.5, 0.6) is 0 Å². The maximum atomic E-state index is 12.0. The summed E-state index contributed by atoms with van der Waals surface area (Å²) in [6.07, 6.45) is 4.00. The number of aliphatic carboxylic acids is 1. The molecule has 2 aliphatic rings. The van der Waals surface area contributed by atoms with Crippen molar-refractivity contribution in [2.75, 3.05) is 13.1 Å². The number of carbonyl (C=O) groups is 1. The Balaban J connectivity index is 1.97. The summed E-state index contributed by atoms with van der Waals surface area (Å²) in [6, 6.07) is 0.0465. The fourth-order valence-electron chi connectivity index (χ4n) is 2.17. The van der Waals surface area contributed by atoms with Gasteiger partial charge in [0.25, 0.3) is 10.2 Å². The molecular formula is C10H18N2O4S. The summed E-state index contributed by atoms with van der Waals surface area (Å²) in [5.74, 6) is -1.48. The Hall–Kier alpha value is -0.660. The lowest BCUT2D eigenvalue weighted by Crippen LogP contribution is -2.51. The van der Waals surface area contributed by atoms with E-state index in [2.05, 4.69) is 4.72 Å². The normalized spacial score (nSPS) is 27.6. The lowest BCUT2D eigenvalue weighted by atomic mass is 9.94. The Morgan fingerprint density at radius 2 is 1.94 bits per heavy atom. The summed E-state index contributed by atoms with van der Waals surface area (Å²) in [7, 11) is -3.49. The second-order valence-corrected chi connectivity index (χ2v) is 6.49. The maximum absolute atomic E-state index is 12.0. The number of hydrogen-bond donors (Lipinski definition) is 2. The van der Waals surface area contributed by atoms with Crippen molar-refractivity contribution in [2.45, 2.75) is 38.1 Å². The van der Waals surface area contributed by atoms with Gasteiger partial charge in [0.05, 0.1) is 5.92 Å². The number of nitrogens with one attached hydrogen (secondary N) is 1. The Morgan fingerprint density at radius 3 is 2.47 bits per heavy atom. The van der Waals surface area contributed by atoms with Crippen LogP contribution < -0.4 is 4.72 Å². The van der Waals surface area contributed by atoms with Crippen LogP contribution >= 0.6 is 0 Å². The minimum Gasteiger partial charge on any atom is -0.481 e. The Kier molecular flexibility index (Phi) is 3.70. The average molecular weight is 262 g/mol. The highest BCUT2D eigenvalue weighted by atomic mass is 32.2. The molecule has 17 heavy (non-hydrogen) atoms. The van der Waals surface area contributed by atoms with Gasteiger partial charge in [0.15, 0.2) is 0 Å². The summed E-state index contributed by atoms with van der Waals surface area (Å²) in [5.41, 5.74) is 0. The molecule has 1 aliphatic heterocycles. The van der Waals surface area contributed by atoms with Gasteiger partial charge in [-0.1, -0.05) is 6.42 Å². The van der Waals surface area contributed by atoms with Crippen LogP contribution in [0.3, 0.4) is 0 Å². The number of rotatable bonds is 4. The molecule has 0 spiro atoms. The van der Waals surface area contributed by atoms with Crippen molar-refractivity contribution in [3.8, 4) is 0 Å². The van der Waals surface area contributed by atoms with Crippen molar-refractivity contribution in [3.63, 3.8) is 0 Å². The fraction of sp³-hybridized carbons (Fsp3) is 0.900. The van der Waals surface area contributed by atoms with Crippen molar-refractivity contribution in [1.29, 1.82) is 0 Å². The minimum absolute atomic E-state index is 0.0465. The molecule has 0 bridgehead atoms. The molecule has 1 aliphatic carbocycles.